The summed E-state index contributed by atoms with van der Waals surface area (Å²) in [4.78, 5) is 11.9. The number of hydrogen-bond donors (Lipinski definition) is 2. The van der Waals surface area contributed by atoms with Crippen molar-refractivity contribution < 1.29 is 4.79 Å². The molecule has 3 nitrogen and oxygen atoms in total. The van der Waals surface area contributed by atoms with E-state index in [0.717, 1.165) is 16.5 Å². The van der Waals surface area contributed by atoms with Gasteiger partial charge in [-0.2, -0.15) is 0 Å². The highest BCUT2D eigenvalue weighted by Gasteiger charge is 2.16. The minimum atomic E-state index is -0.491. The molecule has 0 saturated heterocycles. The zero-order valence-corrected chi connectivity index (χ0v) is 10.7. The summed E-state index contributed by atoms with van der Waals surface area (Å²) in [6, 6.07) is 13.8. The molecule has 0 saturated carbocycles. The molecule has 2 rings (SSSR count). The van der Waals surface area contributed by atoms with E-state index >= 15 is 0 Å². The summed E-state index contributed by atoms with van der Waals surface area (Å²) in [5.41, 5.74) is 6.19. The second-order valence-corrected chi connectivity index (χ2v) is 5.24. The van der Waals surface area contributed by atoms with Crippen LogP contribution in [0.5, 0.6) is 0 Å². The SMILES string of the molecule is CC(C)(N)CC(=O)Nc1cccc2ccccc12. The van der Waals surface area contributed by atoms with Crippen molar-refractivity contribution >= 4 is 22.4 Å². The zero-order chi connectivity index (χ0) is 13.2. The highest BCUT2D eigenvalue weighted by Crippen LogP contribution is 2.23. The topological polar surface area (TPSA) is 55.1 Å². The van der Waals surface area contributed by atoms with Crippen LogP contribution in [-0.2, 0) is 4.79 Å². The average Bonchev–Trinajstić information content (AvgIpc) is 2.27. The number of nitrogens with one attached hydrogen (secondary N) is 1. The van der Waals surface area contributed by atoms with E-state index in [9.17, 15) is 4.79 Å². The van der Waals surface area contributed by atoms with Gasteiger partial charge in [0, 0.05) is 23.0 Å². The van der Waals surface area contributed by atoms with Gasteiger partial charge in [0.25, 0.3) is 0 Å². The number of anilines is 1. The molecule has 0 spiro atoms. The number of rotatable bonds is 3. The Morgan fingerprint density at radius 2 is 1.83 bits per heavy atom. The molecule has 3 N–H and O–H groups in total. The van der Waals surface area contributed by atoms with Gasteiger partial charge in [-0.05, 0) is 25.3 Å². The number of benzene rings is 2. The van der Waals surface area contributed by atoms with Crippen LogP contribution in [0.1, 0.15) is 20.3 Å². The van der Waals surface area contributed by atoms with Crippen LogP contribution in [0.4, 0.5) is 5.69 Å². The van der Waals surface area contributed by atoms with Crippen LogP contribution in [0.25, 0.3) is 10.8 Å². The number of hydrogen-bond acceptors (Lipinski definition) is 2. The number of nitrogens with two attached hydrogens (primary N) is 1. The van der Waals surface area contributed by atoms with Gasteiger partial charge in [-0.3, -0.25) is 4.79 Å². The predicted octanol–water partition coefficient (Wildman–Crippen LogP) is 2.91. The molecular weight excluding hydrogens is 224 g/mol. The summed E-state index contributed by atoms with van der Waals surface area (Å²) >= 11 is 0. The van der Waals surface area contributed by atoms with Gasteiger partial charge < -0.3 is 11.1 Å². The van der Waals surface area contributed by atoms with E-state index < -0.39 is 5.54 Å². The van der Waals surface area contributed by atoms with Crippen molar-refractivity contribution in [2.75, 3.05) is 5.32 Å². The van der Waals surface area contributed by atoms with Crippen LogP contribution in [-0.4, -0.2) is 11.4 Å². The Bertz CT molecular complexity index is 565. The average molecular weight is 242 g/mol. The van der Waals surface area contributed by atoms with Crippen molar-refractivity contribution in [3.63, 3.8) is 0 Å². The zero-order valence-electron chi connectivity index (χ0n) is 10.7. The molecule has 0 unspecified atom stereocenters. The van der Waals surface area contributed by atoms with E-state index in [4.69, 9.17) is 5.73 Å². The molecule has 18 heavy (non-hydrogen) atoms. The molecule has 0 aliphatic heterocycles. The lowest BCUT2D eigenvalue weighted by Crippen LogP contribution is -2.36. The van der Waals surface area contributed by atoms with Gasteiger partial charge in [0.1, 0.15) is 0 Å². The van der Waals surface area contributed by atoms with Gasteiger partial charge >= 0.3 is 0 Å². The molecule has 1 amide bonds. The summed E-state index contributed by atoms with van der Waals surface area (Å²) in [7, 11) is 0. The fourth-order valence-electron chi connectivity index (χ4n) is 1.94. The monoisotopic (exact) mass is 242 g/mol. The third-order valence-corrected chi connectivity index (χ3v) is 2.68. The van der Waals surface area contributed by atoms with Crippen molar-refractivity contribution in [1.29, 1.82) is 0 Å². The molecule has 0 heterocycles. The van der Waals surface area contributed by atoms with E-state index in [1.54, 1.807) is 0 Å². The molecule has 0 aliphatic carbocycles. The smallest absolute Gasteiger partial charge is 0.226 e. The lowest BCUT2D eigenvalue weighted by Gasteiger charge is -2.18. The van der Waals surface area contributed by atoms with Crippen LogP contribution in [0.2, 0.25) is 0 Å². The van der Waals surface area contributed by atoms with Crippen molar-refractivity contribution in [3.8, 4) is 0 Å². The molecule has 3 heteroatoms. The third kappa shape index (κ3) is 3.08. The van der Waals surface area contributed by atoms with Crippen molar-refractivity contribution in [2.45, 2.75) is 25.8 Å². The van der Waals surface area contributed by atoms with Gasteiger partial charge in [0.15, 0.2) is 0 Å². The molecule has 2 aromatic carbocycles. The van der Waals surface area contributed by atoms with E-state index in [-0.39, 0.29) is 5.91 Å². The third-order valence-electron chi connectivity index (χ3n) is 2.68. The fraction of sp³-hybridized carbons (Fsp3) is 0.267. The Hall–Kier alpha value is -1.87. The Kier molecular flexibility index (Phi) is 3.34. The predicted molar refractivity (Wildman–Crippen MR) is 75.5 cm³/mol. The number of carbonyl (C=O) groups is 1. The Balaban J connectivity index is 2.24. The first-order valence-corrected chi connectivity index (χ1v) is 6.02. The van der Waals surface area contributed by atoms with Crippen LogP contribution in [0, 0.1) is 0 Å². The summed E-state index contributed by atoms with van der Waals surface area (Å²) < 4.78 is 0. The second-order valence-electron chi connectivity index (χ2n) is 5.24. The minimum absolute atomic E-state index is 0.0566. The van der Waals surface area contributed by atoms with Crippen LogP contribution < -0.4 is 11.1 Å². The Labute approximate surface area is 107 Å². The van der Waals surface area contributed by atoms with E-state index in [0.29, 0.717) is 6.42 Å². The molecule has 0 aromatic heterocycles. The standard InChI is InChI=1S/C15H18N2O/c1-15(2,16)10-14(18)17-13-9-5-7-11-6-3-4-8-12(11)13/h3-9H,10,16H2,1-2H3,(H,17,18). The van der Waals surface area contributed by atoms with Crippen molar-refractivity contribution in [2.24, 2.45) is 5.73 Å². The van der Waals surface area contributed by atoms with Gasteiger partial charge in [-0.1, -0.05) is 36.4 Å². The Morgan fingerprint density at radius 3 is 2.56 bits per heavy atom. The van der Waals surface area contributed by atoms with Gasteiger partial charge in [0.05, 0.1) is 0 Å². The summed E-state index contributed by atoms with van der Waals surface area (Å²) in [5.74, 6) is -0.0566. The molecular formula is C15H18N2O. The van der Waals surface area contributed by atoms with E-state index in [1.165, 1.54) is 0 Å². The highest BCUT2D eigenvalue weighted by molar-refractivity contribution is 6.02. The molecule has 0 aliphatic rings. The van der Waals surface area contributed by atoms with Crippen LogP contribution in [0.15, 0.2) is 42.5 Å². The summed E-state index contributed by atoms with van der Waals surface area (Å²) in [5, 5.41) is 5.08. The lowest BCUT2D eigenvalue weighted by molar-refractivity contribution is -0.117. The van der Waals surface area contributed by atoms with Gasteiger partial charge in [-0.15, -0.1) is 0 Å². The number of fused-ring (bicyclic) bond motifs is 1. The first-order valence-electron chi connectivity index (χ1n) is 6.02. The minimum Gasteiger partial charge on any atom is -0.325 e. The largest absolute Gasteiger partial charge is 0.325 e. The first kappa shape index (κ1) is 12.6. The van der Waals surface area contributed by atoms with Crippen LogP contribution >= 0.6 is 0 Å². The molecule has 2 aromatic rings. The maximum Gasteiger partial charge on any atom is 0.226 e. The maximum atomic E-state index is 11.9. The van der Waals surface area contributed by atoms with E-state index in [2.05, 4.69) is 5.32 Å². The number of carbonyl (C=O) groups excluding carboxylic acids is 1. The van der Waals surface area contributed by atoms with Gasteiger partial charge in [-0.25, -0.2) is 0 Å². The second kappa shape index (κ2) is 4.78. The fourth-order valence-corrected chi connectivity index (χ4v) is 1.94. The highest BCUT2D eigenvalue weighted by atomic mass is 16.1. The number of amides is 1. The lowest BCUT2D eigenvalue weighted by atomic mass is 10.0. The van der Waals surface area contributed by atoms with Crippen LogP contribution in [0.3, 0.4) is 0 Å². The molecule has 0 radical (unpaired) electrons. The summed E-state index contributed by atoms with van der Waals surface area (Å²) in [6.07, 6.45) is 0.302. The van der Waals surface area contributed by atoms with Crippen molar-refractivity contribution in [3.05, 3.63) is 42.5 Å². The Morgan fingerprint density at radius 1 is 1.17 bits per heavy atom. The maximum absolute atomic E-state index is 11.9. The van der Waals surface area contributed by atoms with Crippen molar-refractivity contribution in [1.82, 2.24) is 0 Å². The summed E-state index contributed by atoms with van der Waals surface area (Å²) in [6.45, 7) is 3.69. The first-order chi connectivity index (χ1) is 8.46. The quantitative estimate of drug-likeness (QED) is 0.869. The molecule has 94 valence electrons. The van der Waals surface area contributed by atoms with E-state index in [1.807, 2.05) is 56.3 Å². The molecule has 0 fully saturated rings. The normalized spacial score (nSPS) is 11.5. The molecule has 0 bridgehead atoms. The van der Waals surface area contributed by atoms with Gasteiger partial charge in [0.2, 0.25) is 5.91 Å². The molecule has 0 atom stereocenters.